The first-order valence-electron chi connectivity index (χ1n) is 5.99. The molecule has 1 unspecified atom stereocenters. The Hall–Kier alpha value is -1.99. The van der Waals surface area contributed by atoms with E-state index in [1.54, 1.807) is 12.1 Å². The van der Waals surface area contributed by atoms with Crippen LogP contribution in [0.4, 0.5) is 5.69 Å². The lowest BCUT2D eigenvalue weighted by Crippen LogP contribution is -2.51. The van der Waals surface area contributed by atoms with Gasteiger partial charge in [-0.1, -0.05) is 12.1 Å². The van der Waals surface area contributed by atoms with E-state index in [0.717, 1.165) is 0 Å². The van der Waals surface area contributed by atoms with Crippen molar-refractivity contribution in [2.45, 2.75) is 12.6 Å². The summed E-state index contributed by atoms with van der Waals surface area (Å²) in [5.41, 5.74) is 0.713. The van der Waals surface area contributed by atoms with Gasteiger partial charge in [-0.15, -0.1) is 0 Å². The molecule has 7 nitrogen and oxygen atoms in total. The number of nitro benzene ring substituents is 1. The summed E-state index contributed by atoms with van der Waals surface area (Å²) >= 11 is 0. The number of hydrogen-bond acceptors (Lipinski definition) is 5. The van der Waals surface area contributed by atoms with Gasteiger partial charge in [0.1, 0.15) is 6.04 Å². The van der Waals surface area contributed by atoms with Crippen LogP contribution >= 0.6 is 0 Å². The topological polar surface area (TPSA) is 93.5 Å². The molecule has 1 atom stereocenters. The molecule has 1 amide bonds. The minimum atomic E-state index is -0.456. The Kier molecular flexibility index (Phi) is 4.43. The summed E-state index contributed by atoms with van der Waals surface area (Å²) in [5, 5.41) is 16.4. The van der Waals surface area contributed by atoms with Crippen LogP contribution in [0.1, 0.15) is 5.56 Å². The number of benzene rings is 1. The number of morpholine rings is 1. The first-order chi connectivity index (χ1) is 9.16. The molecule has 1 aromatic rings. The second-order valence-corrected chi connectivity index (χ2v) is 4.23. The predicted octanol–water partition coefficient (Wildman–Crippen LogP) is 0.199. The second kappa shape index (κ2) is 6.26. The zero-order valence-electron chi connectivity index (χ0n) is 10.3. The third-order valence-electron chi connectivity index (χ3n) is 2.83. The molecule has 1 aromatic carbocycles. The van der Waals surface area contributed by atoms with E-state index in [0.29, 0.717) is 25.3 Å². The van der Waals surface area contributed by atoms with Crippen molar-refractivity contribution in [2.24, 2.45) is 0 Å². The van der Waals surface area contributed by atoms with Gasteiger partial charge in [-0.3, -0.25) is 14.9 Å². The van der Waals surface area contributed by atoms with E-state index in [-0.39, 0.29) is 24.2 Å². The van der Waals surface area contributed by atoms with E-state index in [4.69, 9.17) is 4.74 Å². The van der Waals surface area contributed by atoms with Crippen LogP contribution in [-0.4, -0.2) is 36.6 Å². The lowest BCUT2D eigenvalue weighted by atomic mass is 10.2. The molecule has 2 N–H and O–H groups in total. The van der Waals surface area contributed by atoms with E-state index in [9.17, 15) is 14.9 Å². The van der Waals surface area contributed by atoms with Gasteiger partial charge in [-0.25, -0.2) is 0 Å². The number of nitrogens with one attached hydrogen (secondary N) is 2. The minimum Gasteiger partial charge on any atom is -0.378 e. The Morgan fingerprint density at radius 2 is 2.42 bits per heavy atom. The van der Waals surface area contributed by atoms with E-state index < -0.39 is 4.92 Å². The number of nitrogens with zero attached hydrogens (tertiary/aromatic N) is 1. The third-order valence-corrected chi connectivity index (χ3v) is 2.83. The predicted molar refractivity (Wildman–Crippen MR) is 67.6 cm³/mol. The van der Waals surface area contributed by atoms with Gasteiger partial charge in [0.15, 0.2) is 0 Å². The molecule has 0 bridgehead atoms. The molecule has 0 radical (unpaired) electrons. The standard InChI is InChI=1S/C12H15N3O4/c16-12(11-8-19-5-4-13-11)14-7-9-2-1-3-10(6-9)15(17)18/h1-3,6,11,13H,4-5,7-8H2,(H,14,16). The van der Waals surface area contributed by atoms with Crippen molar-refractivity contribution >= 4 is 11.6 Å². The molecule has 1 saturated heterocycles. The van der Waals surface area contributed by atoms with Crippen molar-refractivity contribution in [3.63, 3.8) is 0 Å². The lowest BCUT2D eigenvalue weighted by molar-refractivity contribution is -0.384. The second-order valence-electron chi connectivity index (χ2n) is 4.23. The van der Waals surface area contributed by atoms with Crippen LogP contribution in [0.25, 0.3) is 0 Å². The highest BCUT2D eigenvalue weighted by atomic mass is 16.6. The number of amides is 1. The van der Waals surface area contributed by atoms with Gasteiger partial charge < -0.3 is 15.4 Å². The van der Waals surface area contributed by atoms with E-state index in [2.05, 4.69) is 10.6 Å². The molecule has 0 aromatic heterocycles. The van der Waals surface area contributed by atoms with Crippen molar-refractivity contribution in [3.8, 4) is 0 Å². The van der Waals surface area contributed by atoms with Crippen molar-refractivity contribution < 1.29 is 14.5 Å². The molecule has 0 spiro atoms. The Morgan fingerprint density at radius 3 is 3.11 bits per heavy atom. The summed E-state index contributed by atoms with van der Waals surface area (Å²) in [6.45, 7) is 1.86. The minimum absolute atomic E-state index is 0.0193. The van der Waals surface area contributed by atoms with Crippen LogP contribution in [0.3, 0.4) is 0 Å². The lowest BCUT2D eigenvalue weighted by Gasteiger charge is -2.22. The van der Waals surface area contributed by atoms with Crippen LogP contribution in [-0.2, 0) is 16.1 Å². The fraction of sp³-hybridized carbons (Fsp3) is 0.417. The van der Waals surface area contributed by atoms with Gasteiger partial charge in [-0.2, -0.15) is 0 Å². The van der Waals surface area contributed by atoms with Gasteiger partial charge in [0, 0.05) is 25.2 Å². The Balaban J connectivity index is 1.89. The monoisotopic (exact) mass is 265 g/mol. The summed E-state index contributed by atoms with van der Waals surface area (Å²) in [6, 6.07) is 5.85. The maximum absolute atomic E-state index is 11.8. The third kappa shape index (κ3) is 3.73. The molecule has 1 fully saturated rings. The van der Waals surface area contributed by atoms with Crippen LogP contribution in [0.5, 0.6) is 0 Å². The van der Waals surface area contributed by atoms with Crippen LogP contribution in [0.2, 0.25) is 0 Å². The van der Waals surface area contributed by atoms with Crippen LogP contribution in [0.15, 0.2) is 24.3 Å². The summed E-state index contributed by atoms with van der Waals surface area (Å²) in [5.74, 6) is -0.161. The number of nitro groups is 1. The zero-order chi connectivity index (χ0) is 13.7. The molecule has 102 valence electrons. The average Bonchev–Trinajstić information content (AvgIpc) is 2.46. The normalized spacial score (nSPS) is 18.8. The average molecular weight is 265 g/mol. The highest BCUT2D eigenvalue weighted by Gasteiger charge is 2.20. The summed E-state index contributed by atoms with van der Waals surface area (Å²) in [7, 11) is 0. The molecule has 7 heteroatoms. The van der Waals surface area contributed by atoms with Gasteiger partial charge in [0.05, 0.1) is 18.1 Å². The molecule has 1 heterocycles. The van der Waals surface area contributed by atoms with E-state index >= 15 is 0 Å². The fourth-order valence-electron chi connectivity index (χ4n) is 1.83. The van der Waals surface area contributed by atoms with Crippen molar-refractivity contribution in [3.05, 3.63) is 39.9 Å². The zero-order valence-corrected chi connectivity index (χ0v) is 10.3. The van der Waals surface area contributed by atoms with Crippen molar-refractivity contribution in [1.29, 1.82) is 0 Å². The summed E-state index contributed by atoms with van der Waals surface area (Å²) in [6.07, 6.45) is 0. The van der Waals surface area contributed by atoms with Crippen LogP contribution in [0, 0.1) is 10.1 Å². The SMILES string of the molecule is O=C(NCc1cccc([N+](=O)[O-])c1)C1COCCN1. The maximum atomic E-state index is 11.8. The number of hydrogen-bond donors (Lipinski definition) is 2. The smallest absolute Gasteiger partial charge is 0.269 e. The number of rotatable bonds is 4. The van der Waals surface area contributed by atoms with Crippen LogP contribution < -0.4 is 10.6 Å². The number of carbonyl (C=O) groups excluding carboxylic acids is 1. The highest BCUT2D eigenvalue weighted by Crippen LogP contribution is 2.12. The van der Waals surface area contributed by atoms with Gasteiger partial charge in [0.2, 0.25) is 5.91 Å². The largest absolute Gasteiger partial charge is 0.378 e. The van der Waals surface area contributed by atoms with E-state index in [1.807, 2.05) is 0 Å². The van der Waals surface area contributed by atoms with E-state index in [1.165, 1.54) is 12.1 Å². The molecular weight excluding hydrogens is 250 g/mol. The number of non-ortho nitro benzene ring substituents is 1. The summed E-state index contributed by atoms with van der Waals surface area (Å²) in [4.78, 5) is 22.0. The number of carbonyl (C=O) groups is 1. The first-order valence-corrected chi connectivity index (χ1v) is 5.99. The molecule has 0 aliphatic carbocycles. The molecule has 2 rings (SSSR count). The maximum Gasteiger partial charge on any atom is 0.269 e. The Morgan fingerprint density at radius 1 is 1.58 bits per heavy atom. The Bertz CT molecular complexity index is 472. The van der Waals surface area contributed by atoms with Gasteiger partial charge in [0.25, 0.3) is 5.69 Å². The molecular formula is C12H15N3O4. The summed E-state index contributed by atoms with van der Waals surface area (Å²) < 4.78 is 5.19. The molecule has 1 aliphatic heterocycles. The molecule has 1 aliphatic rings. The fourth-order valence-corrected chi connectivity index (χ4v) is 1.83. The van der Waals surface area contributed by atoms with Gasteiger partial charge in [-0.05, 0) is 5.56 Å². The van der Waals surface area contributed by atoms with Crippen molar-refractivity contribution in [2.75, 3.05) is 19.8 Å². The Labute approximate surface area is 110 Å². The van der Waals surface area contributed by atoms with Crippen molar-refractivity contribution in [1.82, 2.24) is 10.6 Å². The molecule has 19 heavy (non-hydrogen) atoms. The molecule has 0 saturated carbocycles. The quantitative estimate of drug-likeness (QED) is 0.599. The highest BCUT2D eigenvalue weighted by molar-refractivity contribution is 5.81. The van der Waals surface area contributed by atoms with Gasteiger partial charge >= 0.3 is 0 Å². The number of ether oxygens (including phenoxy) is 1. The first kappa shape index (κ1) is 13.4.